The Morgan fingerprint density at radius 3 is 2.64 bits per heavy atom. The Labute approximate surface area is 162 Å². The quantitative estimate of drug-likeness (QED) is 0.750. The van der Waals surface area contributed by atoms with Crippen LogP contribution >= 0.6 is 0 Å². The van der Waals surface area contributed by atoms with E-state index in [9.17, 15) is 9.59 Å². The van der Waals surface area contributed by atoms with Crippen LogP contribution in [0.4, 0.5) is 0 Å². The molecule has 8 nitrogen and oxygen atoms in total. The number of hydrogen-bond acceptors (Lipinski definition) is 5. The van der Waals surface area contributed by atoms with E-state index in [1.165, 1.54) is 0 Å². The number of aromatic nitrogens is 3. The average molecular weight is 379 g/mol. The topological polar surface area (TPSA) is 93.3 Å². The molecule has 0 atom stereocenters. The first-order valence-corrected chi connectivity index (χ1v) is 9.24. The molecule has 0 saturated carbocycles. The van der Waals surface area contributed by atoms with E-state index in [-0.39, 0.29) is 23.6 Å². The molecule has 0 unspecified atom stereocenters. The van der Waals surface area contributed by atoms with Crippen LogP contribution < -0.4 is 5.32 Å². The number of benzene rings is 1. The summed E-state index contributed by atoms with van der Waals surface area (Å²) in [6.07, 6.45) is 4.88. The van der Waals surface area contributed by atoms with Crippen LogP contribution in [0.1, 0.15) is 39.4 Å². The van der Waals surface area contributed by atoms with Gasteiger partial charge in [-0.15, -0.1) is 0 Å². The van der Waals surface area contributed by atoms with Crippen molar-refractivity contribution in [2.75, 3.05) is 13.1 Å². The van der Waals surface area contributed by atoms with Crippen molar-refractivity contribution in [2.45, 2.75) is 25.8 Å². The number of para-hydroxylation sites is 1. The van der Waals surface area contributed by atoms with Gasteiger partial charge in [-0.25, -0.2) is 4.68 Å². The van der Waals surface area contributed by atoms with Gasteiger partial charge in [-0.05, 0) is 38.0 Å². The van der Waals surface area contributed by atoms with Crippen LogP contribution in [-0.2, 0) is 0 Å². The number of amides is 2. The molecular weight excluding hydrogens is 358 g/mol. The fourth-order valence-corrected chi connectivity index (χ4v) is 3.39. The molecule has 2 amide bonds. The fraction of sp³-hybridized carbons (Fsp3) is 0.300. The molecule has 1 saturated heterocycles. The highest BCUT2D eigenvalue weighted by Gasteiger charge is 2.27. The maximum Gasteiger partial charge on any atom is 0.290 e. The van der Waals surface area contributed by atoms with E-state index in [0.717, 1.165) is 5.69 Å². The normalized spacial score (nSPS) is 14.8. The van der Waals surface area contributed by atoms with Crippen LogP contribution in [0.2, 0.25) is 0 Å². The van der Waals surface area contributed by atoms with Gasteiger partial charge < -0.3 is 14.7 Å². The summed E-state index contributed by atoms with van der Waals surface area (Å²) in [7, 11) is 0. The highest BCUT2D eigenvalue weighted by atomic mass is 16.5. The summed E-state index contributed by atoms with van der Waals surface area (Å²) in [5.74, 6) is -0.0831. The third kappa shape index (κ3) is 3.66. The lowest BCUT2D eigenvalue weighted by Gasteiger charge is -2.32. The fourth-order valence-electron chi connectivity index (χ4n) is 3.39. The smallest absolute Gasteiger partial charge is 0.290 e. The van der Waals surface area contributed by atoms with Gasteiger partial charge >= 0.3 is 0 Å². The summed E-state index contributed by atoms with van der Waals surface area (Å²) in [6.45, 7) is 2.92. The Bertz CT molecular complexity index is 971. The third-order valence-electron chi connectivity index (χ3n) is 4.85. The molecule has 1 aromatic carbocycles. The number of hydrogen-bond donors (Lipinski definition) is 1. The van der Waals surface area contributed by atoms with E-state index in [1.807, 2.05) is 41.4 Å². The first-order chi connectivity index (χ1) is 13.6. The predicted octanol–water partition coefficient (Wildman–Crippen LogP) is 2.20. The van der Waals surface area contributed by atoms with Gasteiger partial charge in [0.05, 0.1) is 16.9 Å². The number of piperidine rings is 1. The van der Waals surface area contributed by atoms with Gasteiger partial charge in [-0.3, -0.25) is 9.59 Å². The number of carbonyl (C=O) groups is 2. The number of rotatable bonds is 4. The molecule has 3 aromatic rings. The molecule has 0 aliphatic carbocycles. The Balaban J connectivity index is 1.39. The van der Waals surface area contributed by atoms with Crippen LogP contribution in [0.15, 0.2) is 53.3 Å². The molecule has 1 fully saturated rings. The van der Waals surface area contributed by atoms with Gasteiger partial charge in [0.2, 0.25) is 5.76 Å². The van der Waals surface area contributed by atoms with Gasteiger partial charge in [0.1, 0.15) is 0 Å². The summed E-state index contributed by atoms with van der Waals surface area (Å²) >= 11 is 0. The Morgan fingerprint density at radius 1 is 1.18 bits per heavy atom. The van der Waals surface area contributed by atoms with Gasteiger partial charge in [-0.2, -0.15) is 5.10 Å². The maximum atomic E-state index is 13.0. The molecule has 4 rings (SSSR count). The molecule has 0 bridgehead atoms. The molecule has 144 valence electrons. The molecule has 0 radical (unpaired) electrons. The maximum absolute atomic E-state index is 13.0. The Morgan fingerprint density at radius 2 is 1.96 bits per heavy atom. The molecule has 2 aromatic heterocycles. The second-order valence-corrected chi connectivity index (χ2v) is 6.84. The molecule has 1 aliphatic rings. The molecular formula is C20H21N5O3. The van der Waals surface area contributed by atoms with E-state index in [1.54, 1.807) is 23.9 Å². The lowest BCUT2D eigenvalue weighted by atomic mass is 10.0. The highest BCUT2D eigenvalue weighted by Crippen LogP contribution is 2.19. The van der Waals surface area contributed by atoms with Crippen molar-refractivity contribution in [2.24, 2.45) is 0 Å². The molecule has 8 heteroatoms. The van der Waals surface area contributed by atoms with Gasteiger partial charge in [-0.1, -0.05) is 17.3 Å². The number of nitrogens with one attached hydrogen (secondary N) is 1. The van der Waals surface area contributed by atoms with Crippen molar-refractivity contribution >= 4 is 11.8 Å². The summed E-state index contributed by atoms with van der Waals surface area (Å²) in [5, 5.41) is 10.9. The minimum Gasteiger partial charge on any atom is -0.351 e. The molecule has 1 aliphatic heterocycles. The zero-order valence-electron chi connectivity index (χ0n) is 15.5. The number of likely N-dealkylation sites (tertiary alicyclic amines) is 1. The number of carbonyl (C=O) groups excluding carboxylic acids is 2. The second kappa shape index (κ2) is 7.67. The van der Waals surface area contributed by atoms with Gasteiger partial charge in [0.25, 0.3) is 11.8 Å². The minimum atomic E-state index is -0.269. The first kappa shape index (κ1) is 18.0. The molecule has 28 heavy (non-hydrogen) atoms. The third-order valence-corrected chi connectivity index (χ3v) is 4.85. The second-order valence-electron chi connectivity index (χ2n) is 6.84. The summed E-state index contributed by atoms with van der Waals surface area (Å²) in [5.41, 5.74) is 2.04. The van der Waals surface area contributed by atoms with E-state index in [0.29, 0.717) is 37.2 Å². The minimum absolute atomic E-state index is 0.00307. The van der Waals surface area contributed by atoms with E-state index in [2.05, 4.69) is 15.6 Å². The van der Waals surface area contributed by atoms with Crippen molar-refractivity contribution in [3.63, 3.8) is 0 Å². The van der Waals surface area contributed by atoms with Crippen molar-refractivity contribution in [1.82, 2.24) is 25.2 Å². The average Bonchev–Trinajstić information content (AvgIpc) is 3.40. The molecule has 3 heterocycles. The first-order valence-electron chi connectivity index (χ1n) is 9.24. The molecule has 0 spiro atoms. The Hall–Kier alpha value is -3.42. The zero-order valence-corrected chi connectivity index (χ0v) is 15.5. The number of nitrogens with zero attached hydrogens (tertiary/aromatic N) is 4. The SMILES string of the molecule is Cc1cc(C(=O)NC2CCN(C(=O)c3ccccc3-n3cccn3)CC2)on1. The largest absolute Gasteiger partial charge is 0.351 e. The van der Waals surface area contributed by atoms with E-state index >= 15 is 0 Å². The van der Waals surface area contributed by atoms with Crippen molar-refractivity contribution < 1.29 is 14.1 Å². The van der Waals surface area contributed by atoms with E-state index < -0.39 is 0 Å². The summed E-state index contributed by atoms with van der Waals surface area (Å²) < 4.78 is 6.69. The van der Waals surface area contributed by atoms with Gasteiger partial charge in [0, 0.05) is 37.6 Å². The lowest BCUT2D eigenvalue weighted by Crippen LogP contribution is -2.46. The van der Waals surface area contributed by atoms with Crippen LogP contribution in [0.3, 0.4) is 0 Å². The van der Waals surface area contributed by atoms with Crippen molar-refractivity contribution in [3.05, 3.63) is 65.8 Å². The summed E-state index contributed by atoms with van der Waals surface area (Å²) in [4.78, 5) is 27.1. The lowest BCUT2D eigenvalue weighted by molar-refractivity contribution is 0.0695. The van der Waals surface area contributed by atoms with Crippen LogP contribution in [0.5, 0.6) is 0 Å². The van der Waals surface area contributed by atoms with Crippen LogP contribution in [0, 0.1) is 6.92 Å². The summed E-state index contributed by atoms with van der Waals surface area (Å²) in [6, 6.07) is 10.9. The Kier molecular flexibility index (Phi) is 4.92. The monoisotopic (exact) mass is 379 g/mol. The van der Waals surface area contributed by atoms with Crippen molar-refractivity contribution in [1.29, 1.82) is 0 Å². The predicted molar refractivity (Wildman–Crippen MR) is 101 cm³/mol. The van der Waals surface area contributed by atoms with Gasteiger partial charge in [0.15, 0.2) is 0 Å². The highest BCUT2D eigenvalue weighted by molar-refractivity contribution is 5.98. The zero-order chi connectivity index (χ0) is 19.5. The number of aryl methyl sites for hydroxylation is 1. The van der Waals surface area contributed by atoms with Crippen LogP contribution in [-0.4, -0.2) is 50.8 Å². The standard InChI is InChI=1S/C20H21N5O3/c1-14-13-18(28-23-14)19(26)22-15-7-11-24(12-8-15)20(27)16-5-2-3-6-17(16)25-10-4-9-21-25/h2-6,9-10,13,15H,7-8,11-12H2,1H3,(H,22,26). The van der Waals surface area contributed by atoms with E-state index in [4.69, 9.17) is 4.52 Å². The van der Waals surface area contributed by atoms with Crippen LogP contribution in [0.25, 0.3) is 5.69 Å². The van der Waals surface area contributed by atoms with Crippen molar-refractivity contribution in [3.8, 4) is 5.69 Å². The molecule has 1 N–H and O–H groups in total.